The number of carbonyl (C=O) groups excluding carboxylic acids is 1. The molecule has 2 aromatic rings. The van der Waals surface area contributed by atoms with Crippen molar-refractivity contribution in [1.29, 1.82) is 0 Å². The fraction of sp³-hybridized carbons (Fsp3) is 0.529. The second kappa shape index (κ2) is 4.54. The molecule has 2 aromatic heterocycles. The van der Waals surface area contributed by atoms with Crippen molar-refractivity contribution in [2.75, 3.05) is 6.54 Å². The lowest BCUT2D eigenvalue weighted by molar-refractivity contribution is 0.0631. The summed E-state index contributed by atoms with van der Waals surface area (Å²) in [7, 11) is 0. The number of furan rings is 1. The van der Waals surface area contributed by atoms with Gasteiger partial charge in [-0.25, -0.2) is 4.98 Å². The van der Waals surface area contributed by atoms with Gasteiger partial charge in [-0.3, -0.25) is 4.79 Å². The standard InChI is InChI=1S/C17H18FN3O2/c18-14-6-10-5-12(19-7-13(10)23-14)16(22)21-15-9-1-3-11(4-2-9)17(15)8-20-17/h5-7,9,11,15,20H,1-4,8H2,(H,21,22)/t9?,11?,15?,17-/m0/s1. The van der Waals surface area contributed by atoms with Gasteiger partial charge in [-0.15, -0.1) is 0 Å². The van der Waals surface area contributed by atoms with E-state index in [4.69, 9.17) is 4.42 Å². The topological polar surface area (TPSA) is 77.1 Å². The Balaban J connectivity index is 1.42. The normalized spacial score (nSPS) is 34.9. The van der Waals surface area contributed by atoms with Crippen molar-refractivity contribution in [2.45, 2.75) is 37.3 Å². The molecule has 120 valence electrons. The average molecular weight is 315 g/mol. The van der Waals surface area contributed by atoms with E-state index >= 15 is 0 Å². The number of nitrogens with zero attached hydrogens (tertiary/aromatic N) is 1. The number of halogens is 1. The maximum Gasteiger partial charge on any atom is 0.278 e. The Hall–Kier alpha value is -1.95. The number of pyridine rings is 1. The first-order valence-corrected chi connectivity index (χ1v) is 8.27. The highest BCUT2D eigenvalue weighted by Crippen LogP contribution is 2.51. The van der Waals surface area contributed by atoms with Crippen LogP contribution >= 0.6 is 0 Å². The first-order chi connectivity index (χ1) is 11.2. The summed E-state index contributed by atoms with van der Waals surface area (Å²) in [5, 5.41) is 7.29. The highest BCUT2D eigenvalue weighted by atomic mass is 19.1. The molecule has 4 fully saturated rings. The molecule has 5 nitrogen and oxygen atoms in total. The van der Waals surface area contributed by atoms with Crippen molar-refractivity contribution in [1.82, 2.24) is 15.6 Å². The van der Waals surface area contributed by atoms with Gasteiger partial charge in [-0.05, 0) is 43.6 Å². The van der Waals surface area contributed by atoms with Gasteiger partial charge in [-0.2, -0.15) is 4.39 Å². The van der Waals surface area contributed by atoms with Crippen LogP contribution < -0.4 is 10.6 Å². The third-order valence-corrected chi connectivity index (χ3v) is 6.01. The first-order valence-electron chi connectivity index (χ1n) is 8.27. The van der Waals surface area contributed by atoms with E-state index in [-0.39, 0.29) is 17.5 Å². The Morgan fingerprint density at radius 1 is 1.35 bits per heavy atom. The second-order valence-corrected chi connectivity index (χ2v) is 7.11. The lowest BCUT2D eigenvalue weighted by Gasteiger charge is -2.48. The zero-order chi connectivity index (χ0) is 15.6. The summed E-state index contributed by atoms with van der Waals surface area (Å²) in [6.07, 6.45) is 6.33. The second-order valence-electron chi connectivity index (χ2n) is 7.11. The minimum Gasteiger partial charge on any atom is -0.429 e. The van der Waals surface area contributed by atoms with Gasteiger partial charge in [0.2, 0.25) is 0 Å². The van der Waals surface area contributed by atoms with Crippen LogP contribution in [0, 0.1) is 17.8 Å². The van der Waals surface area contributed by atoms with Crippen LogP contribution in [0.25, 0.3) is 11.0 Å². The number of aromatic nitrogens is 1. The van der Waals surface area contributed by atoms with Gasteiger partial charge < -0.3 is 15.1 Å². The van der Waals surface area contributed by atoms with Crippen LogP contribution in [0.15, 0.2) is 22.7 Å². The summed E-state index contributed by atoms with van der Waals surface area (Å²) in [6.45, 7) is 0.999. The number of carbonyl (C=O) groups is 1. The van der Waals surface area contributed by atoms with Crippen LogP contribution in [0.1, 0.15) is 36.2 Å². The van der Waals surface area contributed by atoms with E-state index in [1.165, 1.54) is 37.9 Å². The van der Waals surface area contributed by atoms with Crippen molar-refractivity contribution in [3.05, 3.63) is 30.0 Å². The fourth-order valence-electron chi connectivity index (χ4n) is 4.75. The van der Waals surface area contributed by atoms with Crippen LogP contribution in [-0.2, 0) is 0 Å². The molecule has 1 saturated heterocycles. The van der Waals surface area contributed by atoms with Crippen molar-refractivity contribution in [2.24, 2.45) is 11.8 Å². The van der Waals surface area contributed by atoms with Crippen molar-refractivity contribution in [3.8, 4) is 0 Å². The molecule has 6 rings (SSSR count). The van der Waals surface area contributed by atoms with Gasteiger partial charge in [0.05, 0.1) is 17.8 Å². The predicted molar refractivity (Wildman–Crippen MR) is 81.4 cm³/mol. The van der Waals surface area contributed by atoms with E-state index < -0.39 is 6.01 Å². The van der Waals surface area contributed by atoms with Gasteiger partial charge in [-0.1, -0.05) is 0 Å². The molecule has 2 bridgehead atoms. The molecular formula is C17H18FN3O2. The Bertz CT molecular complexity index is 790. The monoisotopic (exact) mass is 315 g/mol. The van der Waals surface area contributed by atoms with Gasteiger partial charge >= 0.3 is 0 Å². The van der Waals surface area contributed by atoms with E-state index in [9.17, 15) is 9.18 Å². The van der Waals surface area contributed by atoms with Crippen LogP contribution in [0.2, 0.25) is 0 Å². The lowest BCUT2D eigenvalue weighted by atomic mass is 9.61. The number of nitrogens with one attached hydrogen (secondary N) is 2. The third kappa shape index (κ3) is 1.94. The maximum absolute atomic E-state index is 13.1. The number of hydrogen-bond acceptors (Lipinski definition) is 4. The average Bonchev–Trinajstić information content (AvgIpc) is 3.24. The number of hydrogen-bond donors (Lipinski definition) is 2. The van der Waals surface area contributed by atoms with Crippen molar-refractivity contribution >= 4 is 16.9 Å². The van der Waals surface area contributed by atoms with Crippen molar-refractivity contribution in [3.63, 3.8) is 0 Å². The van der Waals surface area contributed by atoms with Crippen LogP contribution in [0.5, 0.6) is 0 Å². The number of rotatable bonds is 2. The van der Waals surface area contributed by atoms with Crippen LogP contribution in [0.3, 0.4) is 0 Å². The Labute approximate surface area is 132 Å². The third-order valence-electron chi connectivity index (χ3n) is 6.01. The molecule has 3 heterocycles. The van der Waals surface area contributed by atoms with Crippen LogP contribution in [-0.4, -0.2) is 29.0 Å². The van der Waals surface area contributed by atoms with Gasteiger partial charge in [0.25, 0.3) is 11.9 Å². The Kier molecular flexibility index (Phi) is 2.66. The highest BCUT2D eigenvalue weighted by molar-refractivity contribution is 5.95. The summed E-state index contributed by atoms with van der Waals surface area (Å²) in [6, 6.07) is 2.39. The summed E-state index contributed by atoms with van der Waals surface area (Å²) < 4.78 is 18.0. The Morgan fingerprint density at radius 2 is 2.13 bits per heavy atom. The van der Waals surface area contributed by atoms with Crippen molar-refractivity contribution < 1.29 is 13.6 Å². The molecule has 0 radical (unpaired) electrons. The molecule has 1 unspecified atom stereocenters. The summed E-state index contributed by atoms with van der Waals surface area (Å²) in [4.78, 5) is 16.8. The zero-order valence-corrected chi connectivity index (χ0v) is 12.6. The molecule has 23 heavy (non-hydrogen) atoms. The van der Waals surface area contributed by atoms with Crippen LogP contribution in [0.4, 0.5) is 4.39 Å². The number of amides is 1. The summed E-state index contributed by atoms with van der Waals surface area (Å²) in [5.74, 6) is 1.05. The quantitative estimate of drug-likeness (QED) is 0.833. The van der Waals surface area contributed by atoms with Gasteiger partial charge in [0, 0.05) is 18.0 Å². The largest absolute Gasteiger partial charge is 0.429 e. The maximum atomic E-state index is 13.1. The molecule has 1 aliphatic heterocycles. The molecule has 2 atom stereocenters. The molecule has 3 saturated carbocycles. The first kappa shape index (κ1) is 13.5. The molecule has 4 aliphatic rings. The van der Waals surface area contributed by atoms with Gasteiger partial charge in [0.15, 0.2) is 5.58 Å². The number of fused-ring (bicyclic) bond motifs is 3. The molecule has 1 spiro atoms. The molecule has 3 aliphatic carbocycles. The molecule has 6 heteroatoms. The Morgan fingerprint density at radius 3 is 2.87 bits per heavy atom. The SMILES string of the molecule is O=C(NC1C2CCC(CC2)[C@@]12CN2)c1cc2cc(F)oc2cn1. The molecular weight excluding hydrogens is 297 g/mol. The smallest absolute Gasteiger partial charge is 0.278 e. The van der Waals surface area contributed by atoms with E-state index in [2.05, 4.69) is 15.6 Å². The highest BCUT2D eigenvalue weighted by Gasteiger charge is 2.61. The molecule has 0 aromatic carbocycles. The zero-order valence-electron chi connectivity index (χ0n) is 12.6. The van der Waals surface area contributed by atoms with E-state index in [1.807, 2.05) is 0 Å². The fourth-order valence-corrected chi connectivity index (χ4v) is 4.75. The van der Waals surface area contributed by atoms with Gasteiger partial charge in [0.1, 0.15) is 5.69 Å². The predicted octanol–water partition coefficient (Wildman–Crippen LogP) is 2.23. The minimum atomic E-state index is -0.662. The molecule has 2 N–H and O–H groups in total. The van der Waals surface area contributed by atoms with E-state index in [0.717, 1.165) is 6.54 Å². The molecule has 1 amide bonds. The summed E-state index contributed by atoms with van der Waals surface area (Å²) >= 11 is 0. The van der Waals surface area contributed by atoms with E-state index in [0.29, 0.717) is 28.5 Å². The van der Waals surface area contributed by atoms with E-state index in [1.54, 1.807) is 6.07 Å². The minimum absolute atomic E-state index is 0.114. The lowest BCUT2D eigenvalue weighted by Crippen LogP contribution is -2.60. The summed E-state index contributed by atoms with van der Waals surface area (Å²) in [5.41, 5.74) is 0.787.